The van der Waals surface area contributed by atoms with E-state index in [0.29, 0.717) is 0 Å². The molecule has 6 heavy (non-hydrogen) atoms. The van der Waals surface area contributed by atoms with Crippen LogP contribution in [0.3, 0.4) is 0 Å². The topological polar surface area (TPSA) is 52.5 Å². The third kappa shape index (κ3) is 3.14. The monoisotopic (exact) mass is 86.0 g/mol. The summed E-state index contributed by atoms with van der Waals surface area (Å²) < 4.78 is 0. The summed E-state index contributed by atoms with van der Waals surface area (Å²) in [5.41, 5.74) is 0. The maximum atomic E-state index is 9.69. The van der Waals surface area contributed by atoms with E-state index in [1.807, 2.05) is 0 Å². The highest BCUT2D eigenvalue weighted by Gasteiger charge is 1.73. The summed E-state index contributed by atoms with van der Waals surface area (Å²) in [7, 11) is 0. The lowest BCUT2D eigenvalue weighted by atomic mass is 10.5. The summed E-state index contributed by atoms with van der Waals surface area (Å²) in [6, 6.07) is 0. The molecule has 0 bridgehead atoms. The van der Waals surface area contributed by atoms with Gasteiger partial charge in [-0.3, -0.25) is 4.79 Å². The molecule has 3 nitrogen and oxygen atoms in total. The summed E-state index contributed by atoms with van der Waals surface area (Å²) in [6.45, 7) is 1.27. The van der Waals surface area contributed by atoms with E-state index >= 15 is 0 Å². The van der Waals surface area contributed by atoms with Crippen molar-refractivity contribution in [2.75, 3.05) is 0 Å². The van der Waals surface area contributed by atoms with Crippen LogP contribution in [0.4, 0.5) is 0 Å². The lowest BCUT2D eigenvalue weighted by Gasteiger charge is -1.81. The number of Topliss-reactive ketones (excluding diaryl/α,β-unsaturated/α-hetero) is 1. The van der Waals surface area contributed by atoms with E-state index in [9.17, 15) is 4.79 Å². The normalized spacial score (nSPS) is 9.50. The number of hydrogen-bond acceptors (Lipinski definition) is 3. The highest BCUT2D eigenvalue weighted by atomic mass is 16.4. The highest BCUT2D eigenvalue weighted by molar-refractivity contribution is 6.26. The molecular weight excluding hydrogens is 82.0 g/mol. The van der Waals surface area contributed by atoms with E-state index in [1.165, 1.54) is 6.92 Å². The van der Waals surface area contributed by atoms with Crippen LogP contribution < -0.4 is 0 Å². The zero-order valence-corrected chi connectivity index (χ0v) is 3.34. The van der Waals surface area contributed by atoms with E-state index in [1.54, 1.807) is 0 Å². The molecule has 0 amide bonds. The SMILES string of the molecule is CC(=O)/C=N\[O-]. The highest BCUT2D eigenvalue weighted by Crippen LogP contribution is 1.57. The van der Waals surface area contributed by atoms with Crippen molar-refractivity contribution < 1.29 is 4.79 Å². The summed E-state index contributed by atoms with van der Waals surface area (Å²) >= 11 is 0. The number of rotatable bonds is 1. The number of ketones is 1. The maximum absolute atomic E-state index is 9.69. The molecule has 0 unspecified atom stereocenters. The van der Waals surface area contributed by atoms with E-state index < -0.39 is 0 Å². The number of nitrogens with zero attached hydrogens (tertiary/aromatic N) is 1. The van der Waals surface area contributed by atoms with Gasteiger partial charge in [0.1, 0.15) is 0 Å². The van der Waals surface area contributed by atoms with Crippen LogP contribution >= 0.6 is 0 Å². The Hall–Kier alpha value is -0.860. The van der Waals surface area contributed by atoms with E-state index in [-0.39, 0.29) is 5.78 Å². The minimum absolute atomic E-state index is 0.315. The van der Waals surface area contributed by atoms with Crippen LogP contribution in [0, 0.1) is 5.21 Å². The van der Waals surface area contributed by atoms with Crippen molar-refractivity contribution in [2.45, 2.75) is 6.92 Å². The van der Waals surface area contributed by atoms with Crippen LogP contribution in [0.5, 0.6) is 0 Å². The van der Waals surface area contributed by atoms with Crippen molar-refractivity contribution in [1.82, 2.24) is 0 Å². The summed E-state index contributed by atoms with van der Waals surface area (Å²) in [4.78, 5) is 9.69. The number of hydrogen-bond donors (Lipinski definition) is 0. The van der Waals surface area contributed by atoms with Gasteiger partial charge in [0.15, 0.2) is 5.78 Å². The van der Waals surface area contributed by atoms with E-state index in [0.717, 1.165) is 6.21 Å². The van der Waals surface area contributed by atoms with Crippen molar-refractivity contribution in [3.05, 3.63) is 5.21 Å². The lowest BCUT2D eigenvalue weighted by Crippen LogP contribution is -1.86. The number of carbonyl (C=O) groups excluding carboxylic acids is 1. The van der Waals surface area contributed by atoms with Crippen LogP contribution in [-0.4, -0.2) is 12.0 Å². The van der Waals surface area contributed by atoms with Gasteiger partial charge in [-0.05, 0) is 0 Å². The summed E-state index contributed by atoms with van der Waals surface area (Å²) in [5, 5.41) is 11.3. The summed E-state index contributed by atoms with van der Waals surface area (Å²) in [5.74, 6) is -0.315. The zero-order chi connectivity index (χ0) is 4.99. The second-order valence-corrected chi connectivity index (χ2v) is 0.845. The van der Waals surface area contributed by atoms with Crippen molar-refractivity contribution in [2.24, 2.45) is 5.16 Å². The largest absolute Gasteiger partial charge is 0.792 e. The first-order valence-corrected chi connectivity index (χ1v) is 1.43. The Kier molecular flexibility index (Phi) is 2.04. The Balaban J connectivity index is 3.30. The smallest absolute Gasteiger partial charge is 0.169 e. The van der Waals surface area contributed by atoms with Gasteiger partial charge in [0.25, 0.3) is 0 Å². The molecule has 34 valence electrons. The van der Waals surface area contributed by atoms with Crippen LogP contribution in [0.1, 0.15) is 6.92 Å². The van der Waals surface area contributed by atoms with Gasteiger partial charge in [0.2, 0.25) is 0 Å². The van der Waals surface area contributed by atoms with Crippen LogP contribution in [0.2, 0.25) is 0 Å². The first kappa shape index (κ1) is 5.14. The Morgan fingerprint density at radius 1 is 2.00 bits per heavy atom. The van der Waals surface area contributed by atoms with Crippen LogP contribution in [0.25, 0.3) is 0 Å². The molecule has 0 saturated carbocycles. The van der Waals surface area contributed by atoms with E-state index in [4.69, 9.17) is 5.21 Å². The first-order valence-electron chi connectivity index (χ1n) is 1.43. The fraction of sp³-hybridized carbons (Fsp3) is 0.333. The van der Waals surface area contributed by atoms with Crippen LogP contribution in [-0.2, 0) is 4.79 Å². The van der Waals surface area contributed by atoms with Gasteiger partial charge in [0.05, 0.1) is 6.21 Å². The Morgan fingerprint density at radius 2 is 2.50 bits per heavy atom. The standard InChI is InChI=1S/C3H5NO2/c1-3(5)2-4-6/h2,6H,1H3/p-1/b4-2-. The molecule has 0 aliphatic heterocycles. The average Bonchev–Trinajstić information content (AvgIpc) is 1.35. The zero-order valence-electron chi connectivity index (χ0n) is 3.34. The number of carbonyl (C=O) groups is 1. The lowest BCUT2D eigenvalue weighted by molar-refractivity contribution is -0.110. The quantitative estimate of drug-likeness (QED) is 0.336. The fourth-order valence-corrected chi connectivity index (χ4v) is 0.0742. The molecule has 0 atom stereocenters. The maximum Gasteiger partial charge on any atom is 0.169 e. The van der Waals surface area contributed by atoms with Gasteiger partial charge < -0.3 is 10.4 Å². The van der Waals surface area contributed by atoms with E-state index in [2.05, 4.69) is 5.16 Å². The Bertz CT molecular complexity index is 76.9. The second kappa shape index (κ2) is 2.38. The molecule has 0 saturated heterocycles. The molecule has 0 aromatic rings. The van der Waals surface area contributed by atoms with Crippen LogP contribution in [0.15, 0.2) is 5.16 Å². The third-order valence-electron chi connectivity index (χ3n) is 0.235. The van der Waals surface area contributed by atoms with Crippen molar-refractivity contribution in [3.63, 3.8) is 0 Å². The van der Waals surface area contributed by atoms with Gasteiger partial charge in [-0.15, -0.1) is 0 Å². The predicted molar refractivity (Wildman–Crippen MR) is 22.5 cm³/mol. The van der Waals surface area contributed by atoms with Crippen molar-refractivity contribution in [1.29, 1.82) is 0 Å². The Morgan fingerprint density at radius 3 is 2.50 bits per heavy atom. The molecule has 0 heterocycles. The molecule has 0 spiro atoms. The Labute approximate surface area is 35.3 Å². The molecule has 0 N–H and O–H groups in total. The van der Waals surface area contributed by atoms with Gasteiger partial charge >= 0.3 is 0 Å². The summed E-state index contributed by atoms with van der Waals surface area (Å²) in [6.07, 6.45) is 0.722. The molecular formula is C3H4NO2-. The third-order valence-corrected chi connectivity index (χ3v) is 0.235. The first-order chi connectivity index (χ1) is 2.77. The molecule has 0 aromatic heterocycles. The molecule has 0 aliphatic rings. The van der Waals surface area contributed by atoms with Crippen molar-refractivity contribution >= 4 is 12.0 Å². The van der Waals surface area contributed by atoms with Gasteiger partial charge in [-0.2, -0.15) is 0 Å². The minimum atomic E-state index is -0.315. The fourth-order valence-electron chi connectivity index (χ4n) is 0.0742. The second-order valence-electron chi connectivity index (χ2n) is 0.845. The minimum Gasteiger partial charge on any atom is -0.792 e. The molecule has 3 heteroatoms. The van der Waals surface area contributed by atoms with Gasteiger partial charge in [-0.25, -0.2) is 0 Å². The average molecular weight is 86.1 g/mol. The molecule has 0 aromatic carbocycles. The molecule has 0 aliphatic carbocycles. The molecule has 0 rings (SSSR count). The van der Waals surface area contributed by atoms with Gasteiger partial charge in [-0.1, -0.05) is 0 Å². The predicted octanol–water partition coefficient (Wildman–Crippen LogP) is 0.144. The molecule has 0 fully saturated rings. The van der Waals surface area contributed by atoms with Gasteiger partial charge in [0, 0.05) is 6.92 Å². The van der Waals surface area contributed by atoms with Crippen molar-refractivity contribution in [3.8, 4) is 0 Å². The molecule has 0 radical (unpaired) electrons.